The van der Waals surface area contributed by atoms with Gasteiger partial charge in [0, 0.05) is 13.0 Å². The average molecular weight is 378 g/mol. The Bertz CT molecular complexity index is 695. The van der Waals surface area contributed by atoms with Crippen LogP contribution in [0.25, 0.3) is 0 Å². The first-order valence-electron chi connectivity index (χ1n) is 7.13. The number of halogens is 8. The number of hydrogen-bond acceptors (Lipinski definition) is 3. The van der Waals surface area contributed by atoms with Crippen molar-refractivity contribution < 1.29 is 44.7 Å². The molecule has 0 aromatic carbocycles. The highest BCUT2D eigenvalue weighted by molar-refractivity contribution is 6.05. The van der Waals surface area contributed by atoms with Gasteiger partial charge in [0.05, 0.1) is 17.3 Å². The quantitative estimate of drug-likeness (QED) is 0.700. The van der Waals surface area contributed by atoms with Gasteiger partial charge in [-0.05, 0) is 6.42 Å². The van der Waals surface area contributed by atoms with Crippen molar-refractivity contribution in [2.45, 2.75) is 49.7 Å². The summed E-state index contributed by atoms with van der Waals surface area (Å²) < 4.78 is 110. The van der Waals surface area contributed by atoms with Crippen LogP contribution in [0.15, 0.2) is 0 Å². The first-order chi connectivity index (χ1) is 11.4. The maximum Gasteiger partial charge on any atom is 0.435 e. The molecule has 1 aliphatic heterocycles. The second-order valence-electron chi connectivity index (χ2n) is 5.80. The average Bonchev–Trinajstić information content (AvgIpc) is 3.00. The Kier molecular flexibility index (Phi) is 4.08. The zero-order valence-corrected chi connectivity index (χ0v) is 12.2. The molecule has 2 aliphatic rings. The number of ketones is 1. The Morgan fingerprint density at radius 1 is 1.08 bits per heavy atom. The minimum atomic E-state index is -5.18. The Hall–Kier alpha value is -1.72. The number of ether oxygens (including phenoxy) is 1. The third-order valence-corrected chi connectivity index (χ3v) is 4.20. The number of carbonyl (C=O) groups excluding carboxylic acids is 1. The van der Waals surface area contributed by atoms with Gasteiger partial charge >= 0.3 is 12.4 Å². The third-order valence-electron chi connectivity index (χ3n) is 4.20. The van der Waals surface area contributed by atoms with Crippen molar-refractivity contribution in [3.63, 3.8) is 0 Å². The fourth-order valence-electron chi connectivity index (χ4n) is 3.07. The van der Waals surface area contributed by atoms with Gasteiger partial charge in [-0.15, -0.1) is 0 Å². The summed E-state index contributed by atoms with van der Waals surface area (Å²) in [7, 11) is 0. The minimum Gasteiger partial charge on any atom is -0.369 e. The smallest absolute Gasteiger partial charge is 0.369 e. The van der Waals surface area contributed by atoms with Crippen molar-refractivity contribution >= 4 is 5.78 Å². The molecule has 1 aromatic heterocycles. The molecule has 4 nitrogen and oxygen atoms in total. The topological polar surface area (TPSA) is 44.1 Å². The van der Waals surface area contributed by atoms with Gasteiger partial charge in [0.15, 0.2) is 24.1 Å². The van der Waals surface area contributed by atoms with Crippen LogP contribution in [0.4, 0.5) is 35.1 Å². The summed E-state index contributed by atoms with van der Waals surface area (Å²) in [5, 5.41) is 3.12. The van der Waals surface area contributed by atoms with Crippen LogP contribution in [0.3, 0.4) is 0 Å². The first kappa shape index (κ1) is 18.1. The number of rotatable bonds is 1. The molecule has 4 atom stereocenters. The second kappa shape index (κ2) is 5.64. The van der Waals surface area contributed by atoms with Crippen molar-refractivity contribution in [2.75, 3.05) is 6.61 Å². The Balaban J connectivity index is 2.06. The molecule has 0 N–H and O–H groups in total. The molecular weight excluding hydrogens is 368 g/mol. The molecule has 0 amide bonds. The summed E-state index contributed by atoms with van der Waals surface area (Å²) in [4.78, 5) is 11.6. The Morgan fingerprint density at radius 3 is 2.28 bits per heavy atom. The van der Waals surface area contributed by atoms with Gasteiger partial charge in [-0.2, -0.15) is 31.4 Å². The van der Waals surface area contributed by atoms with E-state index in [9.17, 15) is 39.9 Å². The highest BCUT2D eigenvalue weighted by Gasteiger charge is 2.53. The predicted molar refractivity (Wildman–Crippen MR) is 64.4 cm³/mol. The SMILES string of the molecule is O=C1c2c(C(F)(F)F)nn([C@H]3CCO[C@@H](C(F)(F)F)C3)c2[C@@H](F)[C@H]1F. The van der Waals surface area contributed by atoms with E-state index in [-0.39, 0.29) is 6.42 Å². The number of aromatic nitrogens is 2. The van der Waals surface area contributed by atoms with E-state index < -0.39 is 72.6 Å². The van der Waals surface area contributed by atoms with E-state index in [1.165, 1.54) is 0 Å². The molecule has 1 aliphatic carbocycles. The number of alkyl halides is 8. The lowest BCUT2D eigenvalue weighted by Crippen LogP contribution is -2.39. The molecule has 0 radical (unpaired) electrons. The van der Waals surface area contributed by atoms with Crippen LogP contribution in [0, 0.1) is 0 Å². The summed E-state index contributed by atoms with van der Waals surface area (Å²) >= 11 is 0. The predicted octanol–water partition coefficient (Wildman–Crippen LogP) is 3.73. The van der Waals surface area contributed by atoms with E-state index in [2.05, 4.69) is 9.84 Å². The summed E-state index contributed by atoms with van der Waals surface area (Å²) in [6, 6.07) is -1.30. The van der Waals surface area contributed by atoms with Crippen molar-refractivity contribution in [2.24, 2.45) is 0 Å². The highest BCUT2D eigenvalue weighted by atomic mass is 19.4. The molecular formula is C13H10F8N2O2. The largest absolute Gasteiger partial charge is 0.435 e. The molecule has 12 heteroatoms. The number of nitrogens with zero attached hydrogens (tertiary/aromatic N) is 2. The van der Waals surface area contributed by atoms with Crippen LogP contribution in [-0.4, -0.2) is 40.6 Å². The van der Waals surface area contributed by atoms with Gasteiger partial charge in [-0.3, -0.25) is 9.48 Å². The van der Waals surface area contributed by atoms with Crippen LogP contribution in [0.1, 0.15) is 46.8 Å². The van der Waals surface area contributed by atoms with Crippen molar-refractivity contribution in [1.29, 1.82) is 0 Å². The summed E-state index contributed by atoms with van der Waals surface area (Å²) in [5.74, 6) is -1.71. The lowest BCUT2D eigenvalue weighted by molar-refractivity contribution is -0.235. The molecule has 3 rings (SSSR count). The van der Waals surface area contributed by atoms with Crippen molar-refractivity contribution in [1.82, 2.24) is 9.78 Å². The van der Waals surface area contributed by atoms with Gasteiger partial charge in [-0.25, -0.2) is 8.78 Å². The van der Waals surface area contributed by atoms with E-state index in [0.717, 1.165) is 0 Å². The van der Waals surface area contributed by atoms with Crippen LogP contribution >= 0.6 is 0 Å². The Labute approximate surface area is 134 Å². The number of fused-ring (bicyclic) bond motifs is 1. The van der Waals surface area contributed by atoms with Gasteiger partial charge in [0.2, 0.25) is 5.78 Å². The van der Waals surface area contributed by atoms with Gasteiger partial charge in [0.1, 0.15) is 0 Å². The third kappa shape index (κ3) is 2.89. The van der Waals surface area contributed by atoms with Crippen molar-refractivity contribution in [3.05, 3.63) is 17.0 Å². The van der Waals surface area contributed by atoms with E-state index in [1.807, 2.05) is 0 Å². The van der Waals surface area contributed by atoms with Crippen molar-refractivity contribution in [3.8, 4) is 0 Å². The maximum atomic E-state index is 14.0. The van der Waals surface area contributed by atoms with E-state index in [0.29, 0.717) is 4.68 Å². The van der Waals surface area contributed by atoms with Crippen LogP contribution in [0.5, 0.6) is 0 Å². The van der Waals surface area contributed by atoms with Gasteiger partial charge < -0.3 is 4.74 Å². The molecule has 140 valence electrons. The number of carbonyl (C=O) groups is 1. The van der Waals surface area contributed by atoms with E-state index >= 15 is 0 Å². The standard InChI is InChI=1S/C13H10F8N2O2/c14-7-8(15)10(24)6-9(7)23(22-11(6)13(19,20)21)4-1-2-25-5(3-4)12(16,17)18/h4-5,7-8H,1-3H2/t4-,5+,7-,8+/m0/s1. The lowest BCUT2D eigenvalue weighted by Gasteiger charge is -2.31. The zero-order valence-electron chi connectivity index (χ0n) is 12.2. The molecule has 0 saturated carbocycles. The molecule has 0 bridgehead atoms. The van der Waals surface area contributed by atoms with Crippen LogP contribution in [-0.2, 0) is 10.9 Å². The highest BCUT2D eigenvalue weighted by Crippen LogP contribution is 2.45. The second-order valence-corrected chi connectivity index (χ2v) is 5.80. The van der Waals surface area contributed by atoms with E-state index in [4.69, 9.17) is 0 Å². The Morgan fingerprint density at radius 2 is 1.72 bits per heavy atom. The molecule has 1 aromatic rings. The number of Topliss-reactive ketones (excluding diaryl/α,β-unsaturated/α-hetero) is 1. The number of hydrogen-bond donors (Lipinski definition) is 0. The van der Waals surface area contributed by atoms with Gasteiger partial charge in [0.25, 0.3) is 0 Å². The molecule has 0 unspecified atom stereocenters. The molecule has 25 heavy (non-hydrogen) atoms. The minimum absolute atomic E-state index is 0.185. The molecule has 0 spiro atoms. The van der Waals surface area contributed by atoms with Gasteiger partial charge in [-0.1, -0.05) is 0 Å². The molecule has 1 saturated heterocycles. The fraction of sp³-hybridized carbons (Fsp3) is 0.692. The zero-order chi connectivity index (χ0) is 18.7. The lowest BCUT2D eigenvalue weighted by atomic mass is 10.0. The van der Waals surface area contributed by atoms with Crippen LogP contribution in [0.2, 0.25) is 0 Å². The summed E-state index contributed by atoms with van der Waals surface area (Å²) in [5.41, 5.74) is -3.99. The summed E-state index contributed by atoms with van der Waals surface area (Å²) in [6.45, 7) is -0.450. The van der Waals surface area contributed by atoms with E-state index in [1.54, 1.807) is 0 Å². The summed E-state index contributed by atoms with van der Waals surface area (Å²) in [6.07, 6.45) is -18.8. The monoisotopic (exact) mass is 378 g/mol. The molecule has 1 fully saturated rings. The first-order valence-corrected chi connectivity index (χ1v) is 7.13. The fourth-order valence-corrected chi connectivity index (χ4v) is 3.07. The molecule has 2 heterocycles. The normalized spacial score (nSPS) is 30.6. The maximum absolute atomic E-state index is 14.0. The van der Waals surface area contributed by atoms with Crippen LogP contribution < -0.4 is 0 Å².